The second-order valence-electron chi connectivity index (χ2n) is 6.98. The Bertz CT molecular complexity index is 751. The van der Waals surface area contributed by atoms with E-state index >= 15 is 0 Å². The summed E-state index contributed by atoms with van der Waals surface area (Å²) in [5.74, 6) is 1.46. The minimum atomic E-state index is -0.00624. The van der Waals surface area contributed by atoms with E-state index in [1.807, 2.05) is 29.8 Å². The first-order valence-electron chi connectivity index (χ1n) is 8.83. The molecule has 1 aromatic heterocycles. The summed E-state index contributed by atoms with van der Waals surface area (Å²) in [6.07, 6.45) is 2.67. The number of carbonyl (C=O) groups is 1. The third-order valence-electron chi connectivity index (χ3n) is 4.78. The molecule has 1 saturated heterocycles. The van der Waals surface area contributed by atoms with Crippen molar-refractivity contribution >= 4 is 17.2 Å². The number of aromatic nitrogens is 1. The molecule has 2 heterocycles. The number of likely N-dealkylation sites (tertiary alicyclic amines) is 1. The fourth-order valence-electron chi connectivity index (χ4n) is 2.97. The molecule has 1 saturated carbocycles. The molecule has 132 valence electrons. The lowest BCUT2D eigenvalue weighted by molar-refractivity contribution is 0.0150. The summed E-state index contributed by atoms with van der Waals surface area (Å²) in [5.41, 5.74) is 3.70. The van der Waals surface area contributed by atoms with Gasteiger partial charge in [0.25, 0.3) is 5.91 Å². The predicted molar refractivity (Wildman–Crippen MR) is 98.0 cm³/mol. The lowest BCUT2D eigenvalue weighted by atomic mass is 10.1. The Morgan fingerprint density at radius 1 is 1.40 bits per heavy atom. The Kier molecular flexibility index (Phi) is 4.72. The highest BCUT2D eigenvalue weighted by molar-refractivity contribution is 7.09. The van der Waals surface area contributed by atoms with E-state index in [-0.39, 0.29) is 12.0 Å². The van der Waals surface area contributed by atoms with Gasteiger partial charge in [0.2, 0.25) is 0 Å². The van der Waals surface area contributed by atoms with Crippen LogP contribution >= 0.6 is 11.3 Å². The van der Waals surface area contributed by atoms with Gasteiger partial charge in [-0.1, -0.05) is 6.07 Å². The molecule has 0 spiro atoms. The Morgan fingerprint density at radius 2 is 2.24 bits per heavy atom. The van der Waals surface area contributed by atoms with Gasteiger partial charge in [-0.25, -0.2) is 4.98 Å². The number of benzene rings is 1. The maximum absolute atomic E-state index is 12.2. The van der Waals surface area contributed by atoms with Crippen LogP contribution in [-0.2, 0) is 6.54 Å². The number of thiazole rings is 1. The van der Waals surface area contributed by atoms with Gasteiger partial charge < -0.3 is 10.1 Å². The van der Waals surface area contributed by atoms with Crippen molar-refractivity contribution in [3.05, 3.63) is 45.9 Å². The van der Waals surface area contributed by atoms with Crippen molar-refractivity contribution in [1.82, 2.24) is 15.2 Å². The largest absolute Gasteiger partial charge is 0.488 e. The van der Waals surface area contributed by atoms with Crippen LogP contribution in [0.1, 0.15) is 33.8 Å². The Morgan fingerprint density at radius 3 is 2.96 bits per heavy atom. The molecule has 0 bridgehead atoms. The number of nitrogens with zero attached hydrogens (tertiary/aromatic N) is 2. The molecule has 0 unspecified atom stereocenters. The Balaban J connectivity index is 1.26. The van der Waals surface area contributed by atoms with E-state index in [9.17, 15) is 4.79 Å². The van der Waals surface area contributed by atoms with Crippen LogP contribution in [0.15, 0.2) is 29.8 Å². The highest BCUT2D eigenvalue weighted by Crippen LogP contribution is 2.28. The van der Waals surface area contributed by atoms with Crippen molar-refractivity contribution in [3.63, 3.8) is 0 Å². The number of nitrogens with one attached hydrogen (secondary N) is 1. The molecular formula is C19H23N3O2S. The zero-order valence-corrected chi connectivity index (χ0v) is 15.2. The van der Waals surface area contributed by atoms with Gasteiger partial charge in [-0.3, -0.25) is 9.69 Å². The molecule has 2 fully saturated rings. The maximum Gasteiger partial charge on any atom is 0.251 e. The molecule has 1 aromatic carbocycles. The van der Waals surface area contributed by atoms with Crippen molar-refractivity contribution < 1.29 is 9.53 Å². The SMILES string of the molecule is Cc1ncsc1CN1CC(Oc2cccc(C(=O)NCC3CC3)c2)C1. The minimum absolute atomic E-state index is 0.00624. The molecule has 1 aliphatic carbocycles. The smallest absolute Gasteiger partial charge is 0.251 e. The van der Waals surface area contributed by atoms with E-state index in [4.69, 9.17) is 4.74 Å². The van der Waals surface area contributed by atoms with Crippen LogP contribution in [0.25, 0.3) is 0 Å². The first kappa shape index (κ1) is 16.5. The van der Waals surface area contributed by atoms with E-state index in [0.29, 0.717) is 11.5 Å². The van der Waals surface area contributed by atoms with E-state index < -0.39 is 0 Å². The normalized spacial score (nSPS) is 18.0. The molecule has 1 N–H and O–H groups in total. The number of ether oxygens (including phenoxy) is 1. The second kappa shape index (κ2) is 7.14. The molecule has 6 heteroatoms. The van der Waals surface area contributed by atoms with Gasteiger partial charge in [0, 0.05) is 36.6 Å². The Hall–Kier alpha value is -1.92. The van der Waals surface area contributed by atoms with Crippen LogP contribution in [0, 0.1) is 12.8 Å². The van der Waals surface area contributed by atoms with E-state index in [2.05, 4.69) is 22.1 Å². The predicted octanol–water partition coefficient (Wildman–Crippen LogP) is 2.85. The van der Waals surface area contributed by atoms with Gasteiger partial charge >= 0.3 is 0 Å². The molecule has 25 heavy (non-hydrogen) atoms. The van der Waals surface area contributed by atoms with Crippen LogP contribution < -0.4 is 10.1 Å². The highest BCUT2D eigenvalue weighted by Gasteiger charge is 2.29. The first-order valence-corrected chi connectivity index (χ1v) is 9.71. The standard InChI is InChI=1S/C19H23N3O2S/c1-13-18(25-12-21-13)11-22-9-17(10-22)24-16-4-2-3-15(7-16)19(23)20-8-14-5-6-14/h2-4,7,12,14,17H,5-6,8-11H2,1H3,(H,20,23). The summed E-state index contributed by atoms with van der Waals surface area (Å²) >= 11 is 1.71. The fourth-order valence-corrected chi connectivity index (χ4v) is 3.79. The number of aryl methyl sites for hydroxylation is 1. The molecule has 0 atom stereocenters. The van der Waals surface area contributed by atoms with Crippen LogP contribution in [0.4, 0.5) is 0 Å². The number of hydrogen-bond acceptors (Lipinski definition) is 5. The van der Waals surface area contributed by atoms with Crippen molar-refractivity contribution in [3.8, 4) is 5.75 Å². The lowest BCUT2D eigenvalue weighted by Gasteiger charge is -2.38. The molecule has 5 nitrogen and oxygen atoms in total. The number of carbonyl (C=O) groups excluding carboxylic acids is 1. The van der Waals surface area contributed by atoms with E-state index in [1.165, 1.54) is 17.7 Å². The van der Waals surface area contributed by atoms with Gasteiger partial charge in [-0.05, 0) is 43.9 Å². The second-order valence-corrected chi connectivity index (χ2v) is 7.92. The number of amides is 1. The summed E-state index contributed by atoms with van der Waals surface area (Å²) in [6.45, 7) is 5.61. The summed E-state index contributed by atoms with van der Waals surface area (Å²) in [4.78, 5) is 20.2. The summed E-state index contributed by atoms with van der Waals surface area (Å²) < 4.78 is 6.02. The molecule has 2 aromatic rings. The molecule has 2 aliphatic rings. The number of rotatable bonds is 7. The molecule has 1 aliphatic heterocycles. The summed E-state index contributed by atoms with van der Waals surface area (Å²) in [6, 6.07) is 7.50. The van der Waals surface area contributed by atoms with Crippen molar-refractivity contribution in [2.45, 2.75) is 32.4 Å². The van der Waals surface area contributed by atoms with E-state index in [1.54, 1.807) is 11.3 Å². The van der Waals surface area contributed by atoms with Gasteiger partial charge in [0.05, 0.1) is 11.2 Å². The lowest BCUT2D eigenvalue weighted by Crippen LogP contribution is -2.53. The summed E-state index contributed by atoms with van der Waals surface area (Å²) in [7, 11) is 0. The average Bonchev–Trinajstić information content (AvgIpc) is 3.33. The molecule has 4 rings (SSSR count). The van der Waals surface area contributed by atoms with Crippen LogP contribution in [0.3, 0.4) is 0 Å². The zero-order chi connectivity index (χ0) is 17.2. The van der Waals surface area contributed by atoms with Gasteiger partial charge in [-0.2, -0.15) is 0 Å². The summed E-state index contributed by atoms with van der Waals surface area (Å²) in [5, 5.41) is 3.00. The molecular weight excluding hydrogens is 334 g/mol. The first-order chi connectivity index (χ1) is 12.2. The Labute approximate surface area is 152 Å². The monoisotopic (exact) mass is 357 g/mol. The molecule has 1 amide bonds. The third kappa shape index (κ3) is 4.19. The zero-order valence-electron chi connectivity index (χ0n) is 14.4. The van der Waals surface area contributed by atoms with Crippen molar-refractivity contribution in [1.29, 1.82) is 0 Å². The highest BCUT2D eigenvalue weighted by atomic mass is 32.1. The number of hydrogen-bond donors (Lipinski definition) is 1. The van der Waals surface area contributed by atoms with Gasteiger partial charge in [0.15, 0.2) is 0 Å². The molecule has 0 radical (unpaired) electrons. The van der Waals surface area contributed by atoms with Crippen LogP contribution in [0.5, 0.6) is 5.75 Å². The van der Waals surface area contributed by atoms with E-state index in [0.717, 1.165) is 37.6 Å². The fraction of sp³-hybridized carbons (Fsp3) is 0.474. The van der Waals surface area contributed by atoms with Crippen molar-refractivity contribution in [2.75, 3.05) is 19.6 Å². The maximum atomic E-state index is 12.2. The van der Waals surface area contributed by atoms with Crippen LogP contribution in [0.2, 0.25) is 0 Å². The van der Waals surface area contributed by atoms with Gasteiger partial charge in [0.1, 0.15) is 11.9 Å². The third-order valence-corrected chi connectivity index (χ3v) is 5.70. The van der Waals surface area contributed by atoms with Crippen molar-refractivity contribution in [2.24, 2.45) is 5.92 Å². The average molecular weight is 357 g/mol. The van der Waals surface area contributed by atoms with Gasteiger partial charge in [-0.15, -0.1) is 11.3 Å². The van der Waals surface area contributed by atoms with Crippen LogP contribution in [-0.4, -0.2) is 41.5 Å². The topological polar surface area (TPSA) is 54.5 Å². The minimum Gasteiger partial charge on any atom is -0.488 e. The quantitative estimate of drug-likeness (QED) is 0.828.